The molecule has 130 valence electrons. The third kappa shape index (κ3) is 3.57. The molecule has 0 saturated heterocycles. The van der Waals surface area contributed by atoms with Gasteiger partial charge in [0.2, 0.25) is 5.91 Å². The van der Waals surface area contributed by atoms with Crippen molar-refractivity contribution in [3.8, 4) is 0 Å². The lowest BCUT2D eigenvalue weighted by molar-refractivity contribution is -0.114. The van der Waals surface area contributed by atoms with Crippen LogP contribution in [-0.4, -0.2) is 18.9 Å². The molecular weight excluding hydrogens is 362 g/mol. The molecule has 2 aromatic carbocycles. The smallest absolute Gasteiger partial charge is 0.307 e. The Morgan fingerprint density at radius 3 is 2.56 bits per heavy atom. The zero-order valence-corrected chi connectivity index (χ0v) is 15.1. The first-order chi connectivity index (χ1) is 11.8. The number of anilines is 2. The molecule has 0 spiro atoms. The summed E-state index contributed by atoms with van der Waals surface area (Å²) in [7, 11) is -2.18. The average molecular weight is 377 g/mol. The number of hydrogen-bond acceptors (Lipinski definition) is 5. The van der Waals surface area contributed by atoms with E-state index in [2.05, 4.69) is 10.0 Å². The van der Waals surface area contributed by atoms with Crippen LogP contribution in [0.5, 0.6) is 0 Å². The fourth-order valence-corrected chi connectivity index (χ4v) is 4.43. The van der Waals surface area contributed by atoms with Gasteiger partial charge in [0.05, 0.1) is 20.8 Å². The molecule has 0 aliphatic rings. The summed E-state index contributed by atoms with van der Waals surface area (Å²) in [5.41, 5.74) is 1.50. The monoisotopic (exact) mass is 377 g/mol. The van der Waals surface area contributed by atoms with E-state index in [4.69, 9.17) is 0 Å². The molecule has 1 heterocycles. The van der Waals surface area contributed by atoms with Crippen LogP contribution < -0.4 is 14.9 Å². The fraction of sp³-hybridized carbons (Fsp3) is 0.125. The van der Waals surface area contributed by atoms with E-state index < -0.39 is 10.0 Å². The highest BCUT2D eigenvalue weighted by atomic mass is 32.2. The first kappa shape index (κ1) is 17.2. The summed E-state index contributed by atoms with van der Waals surface area (Å²) in [6, 6.07) is 10.9. The second-order valence-electron chi connectivity index (χ2n) is 5.42. The number of nitrogens with one attached hydrogen (secondary N) is 2. The van der Waals surface area contributed by atoms with Crippen LogP contribution in [0.2, 0.25) is 0 Å². The van der Waals surface area contributed by atoms with Gasteiger partial charge in [-0.3, -0.25) is 14.3 Å². The van der Waals surface area contributed by atoms with Gasteiger partial charge in [0.15, 0.2) is 0 Å². The maximum atomic E-state index is 12.6. The van der Waals surface area contributed by atoms with Crippen molar-refractivity contribution in [3.05, 3.63) is 52.1 Å². The quantitative estimate of drug-likeness (QED) is 0.729. The van der Waals surface area contributed by atoms with Gasteiger partial charge in [0.1, 0.15) is 0 Å². The molecule has 0 aliphatic heterocycles. The summed E-state index contributed by atoms with van der Waals surface area (Å²) in [6.07, 6.45) is 0. The predicted octanol–water partition coefficient (Wildman–Crippen LogP) is 2.36. The van der Waals surface area contributed by atoms with Gasteiger partial charge in [-0.1, -0.05) is 17.4 Å². The normalized spacial score (nSPS) is 11.4. The Labute approximate surface area is 148 Å². The molecule has 7 nitrogen and oxygen atoms in total. The zero-order chi connectivity index (χ0) is 18.2. The number of thiazole rings is 1. The van der Waals surface area contributed by atoms with Gasteiger partial charge in [-0.2, -0.15) is 0 Å². The van der Waals surface area contributed by atoms with Gasteiger partial charge in [-0.25, -0.2) is 8.42 Å². The minimum Gasteiger partial charge on any atom is -0.326 e. The third-order valence-corrected chi connectivity index (χ3v) is 5.88. The van der Waals surface area contributed by atoms with Crippen molar-refractivity contribution in [2.75, 3.05) is 10.0 Å². The number of fused-ring (bicyclic) bond motifs is 1. The van der Waals surface area contributed by atoms with Crippen LogP contribution in [0.4, 0.5) is 11.4 Å². The number of nitrogens with zero attached hydrogens (tertiary/aromatic N) is 1. The maximum Gasteiger partial charge on any atom is 0.307 e. The highest BCUT2D eigenvalue weighted by molar-refractivity contribution is 7.92. The first-order valence-corrected chi connectivity index (χ1v) is 9.56. The van der Waals surface area contributed by atoms with Crippen LogP contribution in [0.25, 0.3) is 10.2 Å². The molecule has 0 radical (unpaired) electrons. The second-order valence-corrected chi connectivity index (χ2v) is 8.10. The van der Waals surface area contributed by atoms with Gasteiger partial charge in [0, 0.05) is 19.7 Å². The lowest BCUT2D eigenvalue weighted by Crippen LogP contribution is -2.13. The van der Waals surface area contributed by atoms with Crippen molar-refractivity contribution >= 4 is 48.9 Å². The maximum absolute atomic E-state index is 12.6. The average Bonchev–Trinajstić information content (AvgIpc) is 2.81. The predicted molar refractivity (Wildman–Crippen MR) is 98.6 cm³/mol. The van der Waals surface area contributed by atoms with Crippen LogP contribution in [0.3, 0.4) is 0 Å². The van der Waals surface area contributed by atoms with Crippen LogP contribution in [-0.2, 0) is 21.9 Å². The Kier molecular flexibility index (Phi) is 4.36. The van der Waals surface area contributed by atoms with E-state index in [1.807, 2.05) is 0 Å². The number of carbonyl (C=O) groups is 1. The Hall–Kier alpha value is -2.65. The molecule has 0 atom stereocenters. The number of hydrogen-bond donors (Lipinski definition) is 2. The van der Waals surface area contributed by atoms with Crippen LogP contribution in [0.15, 0.2) is 52.2 Å². The molecule has 3 aromatic rings. The molecule has 1 amide bonds. The van der Waals surface area contributed by atoms with E-state index in [1.54, 1.807) is 31.3 Å². The second kappa shape index (κ2) is 6.34. The number of aryl methyl sites for hydroxylation is 1. The molecule has 9 heteroatoms. The molecule has 0 aliphatic carbocycles. The molecule has 25 heavy (non-hydrogen) atoms. The molecule has 0 unspecified atom stereocenters. The Morgan fingerprint density at radius 1 is 1.12 bits per heavy atom. The fourth-order valence-electron chi connectivity index (χ4n) is 2.36. The molecule has 1 aromatic heterocycles. The third-order valence-electron chi connectivity index (χ3n) is 3.51. The van der Waals surface area contributed by atoms with Crippen molar-refractivity contribution in [2.45, 2.75) is 11.8 Å². The van der Waals surface area contributed by atoms with E-state index >= 15 is 0 Å². The topological polar surface area (TPSA) is 97.3 Å². The minimum absolute atomic E-state index is 0.0618. The number of aromatic nitrogens is 1. The van der Waals surface area contributed by atoms with Crippen LogP contribution >= 0.6 is 11.3 Å². The summed E-state index contributed by atoms with van der Waals surface area (Å²) in [6.45, 7) is 1.37. The Bertz CT molecular complexity index is 1130. The van der Waals surface area contributed by atoms with E-state index in [0.717, 1.165) is 11.3 Å². The summed E-state index contributed by atoms with van der Waals surface area (Å²) in [4.78, 5) is 22.7. The summed E-state index contributed by atoms with van der Waals surface area (Å²) in [5.74, 6) is -0.246. The van der Waals surface area contributed by atoms with E-state index in [1.165, 1.54) is 29.7 Å². The summed E-state index contributed by atoms with van der Waals surface area (Å²) >= 11 is 0.992. The zero-order valence-electron chi connectivity index (χ0n) is 13.4. The van der Waals surface area contributed by atoms with Crippen molar-refractivity contribution < 1.29 is 13.2 Å². The lowest BCUT2D eigenvalue weighted by atomic mass is 10.3. The van der Waals surface area contributed by atoms with Gasteiger partial charge in [0.25, 0.3) is 10.0 Å². The van der Waals surface area contributed by atoms with Crippen molar-refractivity contribution in [3.63, 3.8) is 0 Å². The summed E-state index contributed by atoms with van der Waals surface area (Å²) < 4.78 is 29.7. The van der Waals surface area contributed by atoms with Crippen LogP contribution in [0, 0.1) is 0 Å². The standard InChI is InChI=1S/C16H15N3O4S2/c1-10(20)17-11-4-3-5-12(8-11)18-25(22,23)13-6-7-14-15(9-13)24-16(21)19(14)2/h3-9,18H,1-2H3,(H,17,20). The Balaban J connectivity index is 1.94. The van der Waals surface area contributed by atoms with Crippen molar-refractivity contribution in [1.29, 1.82) is 0 Å². The van der Waals surface area contributed by atoms with Gasteiger partial charge in [-0.15, -0.1) is 0 Å². The van der Waals surface area contributed by atoms with Crippen molar-refractivity contribution in [2.24, 2.45) is 7.05 Å². The minimum atomic E-state index is -3.82. The molecule has 0 fully saturated rings. The first-order valence-electron chi connectivity index (χ1n) is 7.26. The highest BCUT2D eigenvalue weighted by Gasteiger charge is 2.16. The van der Waals surface area contributed by atoms with E-state index in [0.29, 0.717) is 21.6 Å². The number of rotatable bonds is 4. The SMILES string of the molecule is CC(=O)Nc1cccc(NS(=O)(=O)c2ccc3c(c2)sc(=O)n3C)c1. The number of benzene rings is 2. The molecular formula is C16H15N3O4S2. The molecule has 3 rings (SSSR count). The number of amides is 1. The molecule has 0 bridgehead atoms. The van der Waals surface area contributed by atoms with Gasteiger partial charge in [-0.05, 0) is 36.4 Å². The number of carbonyl (C=O) groups excluding carboxylic acids is 1. The largest absolute Gasteiger partial charge is 0.326 e. The van der Waals surface area contributed by atoms with Crippen molar-refractivity contribution in [1.82, 2.24) is 4.57 Å². The Morgan fingerprint density at radius 2 is 1.84 bits per heavy atom. The number of sulfonamides is 1. The summed E-state index contributed by atoms with van der Waals surface area (Å²) in [5, 5.41) is 2.59. The van der Waals surface area contributed by atoms with E-state index in [9.17, 15) is 18.0 Å². The van der Waals surface area contributed by atoms with Gasteiger partial charge >= 0.3 is 4.87 Å². The molecule has 0 saturated carbocycles. The lowest BCUT2D eigenvalue weighted by Gasteiger charge is -2.10. The van der Waals surface area contributed by atoms with Crippen LogP contribution in [0.1, 0.15) is 6.92 Å². The van der Waals surface area contributed by atoms with E-state index in [-0.39, 0.29) is 15.7 Å². The highest BCUT2D eigenvalue weighted by Crippen LogP contribution is 2.24. The van der Waals surface area contributed by atoms with Gasteiger partial charge < -0.3 is 9.88 Å². The molecule has 2 N–H and O–H groups in total.